The number of aromatic nitrogens is 2. The van der Waals surface area contributed by atoms with E-state index in [-0.39, 0.29) is 5.69 Å². The van der Waals surface area contributed by atoms with Crippen molar-refractivity contribution >= 4 is 15.8 Å². The monoisotopic (exact) mass is 255 g/mol. The molecule has 0 unspecified atom stereocenters. The number of anilines is 1. The predicted molar refractivity (Wildman–Crippen MR) is 62.7 cm³/mol. The molecule has 1 aromatic heterocycles. The second-order valence-electron chi connectivity index (χ2n) is 3.35. The summed E-state index contributed by atoms with van der Waals surface area (Å²) in [5, 5.41) is 11.5. The van der Waals surface area contributed by atoms with Gasteiger partial charge in [0, 0.05) is 13.1 Å². The highest BCUT2D eigenvalue weighted by Gasteiger charge is 1.99. The molecule has 0 saturated heterocycles. The smallest absolute Gasteiger partial charge is 0.208 e. The number of hydrogen-bond donors (Lipinski definition) is 2. The van der Waals surface area contributed by atoms with E-state index in [0.29, 0.717) is 25.3 Å². The molecule has 0 radical (unpaired) electrons. The lowest BCUT2D eigenvalue weighted by Crippen LogP contribution is -2.24. The minimum absolute atomic E-state index is 0.259. The Morgan fingerprint density at radius 1 is 1.35 bits per heavy atom. The molecule has 0 amide bonds. The van der Waals surface area contributed by atoms with Gasteiger partial charge in [0.1, 0.15) is 11.9 Å². The van der Waals surface area contributed by atoms with Crippen LogP contribution >= 0.6 is 0 Å². The third-order valence-corrected chi connectivity index (χ3v) is 2.52. The maximum Gasteiger partial charge on any atom is 0.208 e. The van der Waals surface area contributed by atoms with Crippen molar-refractivity contribution in [1.82, 2.24) is 14.7 Å². The maximum atomic E-state index is 10.8. The molecule has 2 N–H and O–H groups in total. The highest BCUT2D eigenvalue weighted by atomic mass is 32.2. The minimum Gasteiger partial charge on any atom is -0.369 e. The van der Waals surface area contributed by atoms with Gasteiger partial charge in [-0.05, 0) is 6.42 Å². The Labute approximate surface area is 99.9 Å². The van der Waals surface area contributed by atoms with Gasteiger partial charge in [0.05, 0.1) is 18.6 Å². The second-order valence-corrected chi connectivity index (χ2v) is 5.18. The molecule has 0 aliphatic heterocycles. The van der Waals surface area contributed by atoms with Gasteiger partial charge in [-0.2, -0.15) is 5.26 Å². The fourth-order valence-corrected chi connectivity index (χ4v) is 1.55. The van der Waals surface area contributed by atoms with E-state index in [4.69, 9.17) is 5.26 Å². The molecule has 1 aromatic rings. The lowest BCUT2D eigenvalue weighted by Gasteiger charge is -2.05. The molecule has 0 fully saturated rings. The largest absolute Gasteiger partial charge is 0.369 e. The van der Waals surface area contributed by atoms with Crippen LogP contribution in [0.2, 0.25) is 0 Å². The summed E-state index contributed by atoms with van der Waals surface area (Å²) in [7, 11) is -3.12. The molecule has 0 spiro atoms. The quantitative estimate of drug-likeness (QED) is 0.676. The van der Waals surface area contributed by atoms with E-state index in [0.717, 1.165) is 6.26 Å². The normalized spacial score (nSPS) is 10.8. The van der Waals surface area contributed by atoms with Crippen molar-refractivity contribution < 1.29 is 8.42 Å². The first-order valence-corrected chi connectivity index (χ1v) is 6.81. The van der Waals surface area contributed by atoms with Gasteiger partial charge in [-0.3, -0.25) is 0 Å². The van der Waals surface area contributed by atoms with Crippen LogP contribution in [0.3, 0.4) is 0 Å². The summed E-state index contributed by atoms with van der Waals surface area (Å²) in [5.41, 5.74) is 0.259. The van der Waals surface area contributed by atoms with E-state index >= 15 is 0 Å². The number of nitriles is 1. The molecule has 92 valence electrons. The minimum atomic E-state index is -3.12. The van der Waals surface area contributed by atoms with E-state index in [9.17, 15) is 8.42 Å². The third-order valence-electron chi connectivity index (χ3n) is 1.79. The second kappa shape index (κ2) is 6.12. The lowest BCUT2D eigenvalue weighted by molar-refractivity contribution is 0.586. The van der Waals surface area contributed by atoms with Crippen LogP contribution in [-0.2, 0) is 10.0 Å². The van der Waals surface area contributed by atoms with Crippen molar-refractivity contribution in [3.05, 3.63) is 18.1 Å². The third kappa shape index (κ3) is 5.79. The van der Waals surface area contributed by atoms with E-state index < -0.39 is 10.0 Å². The van der Waals surface area contributed by atoms with Crippen LogP contribution in [0.4, 0.5) is 5.82 Å². The van der Waals surface area contributed by atoms with Crippen LogP contribution in [-0.4, -0.2) is 37.7 Å². The summed E-state index contributed by atoms with van der Waals surface area (Å²) in [4.78, 5) is 7.80. The fraction of sp³-hybridized carbons (Fsp3) is 0.444. The summed E-state index contributed by atoms with van der Waals surface area (Å²) in [6.45, 7) is 0.943. The van der Waals surface area contributed by atoms with E-state index in [1.54, 1.807) is 0 Å². The number of nitrogens with one attached hydrogen (secondary N) is 2. The molecule has 0 bridgehead atoms. The Morgan fingerprint density at radius 2 is 2.12 bits per heavy atom. The first kappa shape index (κ1) is 13.3. The molecule has 7 nitrogen and oxygen atoms in total. The van der Waals surface area contributed by atoms with Gasteiger partial charge in [-0.1, -0.05) is 0 Å². The highest BCUT2D eigenvalue weighted by Crippen LogP contribution is 1.99. The van der Waals surface area contributed by atoms with Crippen molar-refractivity contribution in [2.24, 2.45) is 0 Å². The highest BCUT2D eigenvalue weighted by molar-refractivity contribution is 7.88. The maximum absolute atomic E-state index is 10.8. The number of sulfonamides is 1. The molecule has 0 aliphatic rings. The van der Waals surface area contributed by atoms with Crippen LogP contribution in [0.15, 0.2) is 12.4 Å². The van der Waals surface area contributed by atoms with Gasteiger partial charge in [0.25, 0.3) is 0 Å². The Kier molecular flexibility index (Phi) is 4.81. The fourth-order valence-electron chi connectivity index (χ4n) is 1.04. The standard InChI is InChI=1S/C9H13N5O2S/c1-17(15,16)14-4-2-3-11-9-7-12-8(5-10)6-13-9/h6-7,14H,2-4H2,1H3,(H,11,13). The average Bonchev–Trinajstić information content (AvgIpc) is 2.28. The topological polar surface area (TPSA) is 108 Å². The van der Waals surface area contributed by atoms with Crippen LogP contribution in [0, 0.1) is 11.3 Å². The molecule has 1 heterocycles. The zero-order valence-corrected chi connectivity index (χ0v) is 10.2. The molecule has 17 heavy (non-hydrogen) atoms. The van der Waals surface area contributed by atoms with Crippen molar-refractivity contribution in [2.75, 3.05) is 24.7 Å². The summed E-state index contributed by atoms with van der Waals surface area (Å²) < 4.78 is 23.9. The summed E-state index contributed by atoms with van der Waals surface area (Å²) in [5.74, 6) is 0.559. The molecule has 1 rings (SSSR count). The summed E-state index contributed by atoms with van der Waals surface area (Å²) in [6.07, 6.45) is 4.58. The lowest BCUT2D eigenvalue weighted by atomic mass is 10.4. The Hall–Kier alpha value is -1.72. The van der Waals surface area contributed by atoms with Crippen molar-refractivity contribution in [2.45, 2.75) is 6.42 Å². The van der Waals surface area contributed by atoms with Crippen molar-refractivity contribution in [1.29, 1.82) is 5.26 Å². The van der Waals surface area contributed by atoms with Crippen molar-refractivity contribution in [3.63, 3.8) is 0 Å². The van der Waals surface area contributed by atoms with Gasteiger partial charge in [0.15, 0.2) is 5.69 Å². The first-order chi connectivity index (χ1) is 8.01. The zero-order chi connectivity index (χ0) is 12.7. The average molecular weight is 255 g/mol. The molecular formula is C9H13N5O2S. The van der Waals surface area contributed by atoms with Crippen LogP contribution in [0.5, 0.6) is 0 Å². The molecular weight excluding hydrogens is 242 g/mol. The molecule has 0 saturated carbocycles. The molecule has 8 heteroatoms. The zero-order valence-electron chi connectivity index (χ0n) is 9.34. The van der Waals surface area contributed by atoms with Gasteiger partial charge in [0.2, 0.25) is 10.0 Å². The molecule has 0 aromatic carbocycles. The van der Waals surface area contributed by atoms with Gasteiger partial charge < -0.3 is 5.32 Å². The van der Waals surface area contributed by atoms with Gasteiger partial charge in [-0.15, -0.1) is 0 Å². The molecule has 0 atom stereocenters. The number of rotatable bonds is 6. The predicted octanol–water partition coefficient (Wildman–Crippen LogP) is -0.301. The number of hydrogen-bond acceptors (Lipinski definition) is 6. The van der Waals surface area contributed by atoms with E-state index in [2.05, 4.69) is 20.0 Å². The Morgan fingerprint density at radius 3 is 2.65 bits per heavy atom. The van der Waals surface area contributed by atoms with Crippen LogP contribution in [0.25, 0.3) is 0 Å². The first-order valence-electron chi connectivity index (χ1n) is 4.92. The molecule has 0 aliphatic carbocycles. The summed E-state index contributed by atoms with van der Waals surface area (Å²) >= 11 is 0. The van der Waals surface area contributed by atoms with E-state index in [1.165, 1.54) is 12.4 Å². The van der Waals surface area contributed by atoms with Crippen LogP contribution in [0.1, 0.15) is 12.1 Å². The Balaban J connectivity index is 2.25. The number of nitrogens with zero attached hydrogens (tertiary/aromatic N) is 3. The van der Waals surface area contributed by atoms with E-state index in [1.807, 2.05) is 6.07 Å². The SMILES string of the molecule is CS(=O)(=O)NCCCNc1cnc(C#N)cn1. The van der Waals surface area contributed by atoms with Gasteiger partial charge in [-0.25, -0.2) is 23.1 Å². The van der Waals surface area contributed by atoms with Crippen LogP contribution < -0.4 is 10.0 Å². The van der Waals surface area contributed by atoms with Crippen molar-refractivity contribution in [3.8, 4) is 6.07 Å². The van der Waals surface area contributed by atoms with Gasteiger partial charge >= 0.3 is 0 Å². The summed E-state index contributed by atoms with van der Waals surface area (Å²) in [6, 6.07) is 1.87. The Bertz CT molecular complexity index is 491.